The third kappa shape index (κ3) is 4.89. The van der Waals surface area contributed by atoms with Gasteiger partial charge < -0.3 is 10.2 Å². The van der Waals surface area contributed by atoms with Crippen LogP contribution in [0.15, 0.2) is 18.2 Å². The van der Waals surface area contributed by atoms with Crippen molar-refractivity contribution in [2.24, 2.45) is 5.41 Å². The van der Waals surface area contributed by atoms with Crippen molar-refractivity contribution >= 4 is 28.6 Å². The number of carbonyl (C=O) groups is 1. The molecule has 1 N–H and O–H groups in total. The number of carbonyl (C=O) groups excluding carboxylic acids is 1. The second kappa shape index (κ2) is 7.63. The number of anilines is 2. The highest BCUT2D eigenvalue weighted by atomic mass is 32.1. The normalized spacial score (nSPS) is 14.7. The number of hydrogen-bond donors (Lipinski definition) is 1. The Morgan fingerprint density at radius 2 is 1.89 bits per heavy atom. The molecule has 0 unspecified atom stereocenters. The molecule has 5 heteroatoms. The van der Waals surface area contributed by atoms with Crippen LogP contribution in [0.3, 0.4) is 0 Å². The van der Waals surface area contributed by atoms with Gasteiger partial charge >= 0.3 is 0 Å². The SMILES string of the molecule is Cc1cc(N2CCCc3cc(F)sc3C2)cc(C)c1NC(=O)CC(C)(C)C. The van der Waals surface area contributed by atoms with Gasteiger partial charge in [-0.15, -0.1) is 11.3 Å². The molecule has 1 aliphatic rings. The topological polar surface area (TPSA) is 32.3 Å². The fourth-order valence-electron chi connectivity index (χ4n) is 3.69. The summed E-state index contributed by atoms with van der Waals surface area (Å²) in [6.07, 6.45) is 2.45. The van der Waals surface area contributed by atoms with E-state index in [1.807, 2.05) is 13.8 Å². The first-order valence-corrected chi connectivity index (χ1v) is 10.4. The van der Waals surface area contributed by atoms with E-state index in [2.05, 4.69) is 43.1 Å². The van der Waals surface area contributed by atoms with Gasteiger partial charge in [-0.05, 0) is 67.0 Å². The predicted molar refractivity (Wildman–Crippen MR) is 112 cm³/mol. The van der Waals surface area contributed by atoms with E-state index in [1.54, 1.807) is 6.07 Å². The molecule has 0 spiro atoms. The smallest absolute Gasteiger partial charge is 0.224 e. The minimum absolute atomic E-state index is 0.0361. The summed E-state index contributed by atoms with van der Waals surface area (Å²) in [5.41, 5.74) is 5.29. The average molecular weight is 389 g/mol. The van der Waals surface area contributed by atoms with Crippen LogP contribution in [0.4, 0.5) is 15.8 Å². The van der Waals surface area contributed by atoms with Crippen LogP contribution in [0.1, 0.15) is 55.2 Å². The lowest BCUT2D eigenvalue weighted by atomic mass is 9.92. The first-order chi connectivity index (χ1) is 12.6. The van der Waals surface area contributed by atoms with Gasteiger partial charge in [-0.3, -0.25) is 4.79 Å². The molecule has 3 rings (SSSR count). The molecule has 1 aromatic carbocycles. The van der Waals surface area contributed by atoms with Crippen molar-refractivity contribution in [3.05, 3.63) is 44.9 Å². The number of nitrogens with zero attached hydrogens (tertiary/aromatic N) is 1. The van der Waals surface area contributed by atoms with Crippen molar-refractivity contribution in [3.63, 3.8) is 0 Å². The van der Waals surface area contributed by atoms with E-state index in [0.717, 1.165) is 58.9 Å². The Kier molecular flexibility index (Phi) is 5.61. The second-order valence-corrected chi connectivity index (χ2v) is 9.85. The third-order valence-corrected chi connectivity index (χ3v) is 5.86. The Morgan fingerprint density at radius 1 is 1.22 bits per heavy atom. The molecule has 0 aliphatic carbocycles. The number of aryl methyl sites for hydroxylation is 3. The van der Waals surface area contributed by atoms with Gasteiger partial charge in [-0.2, -0.15) is 4.39 Å². The van der Waals surface area contributed by atoms with E-state index in [9.17, 15) is 9.18 Å². The number of fused-ring (bicyclic) bond motifs is 1. The molecule has 3 nitrogen and oxygen atoms in total. The Morgan fingerprint density at radius 3 is 2.52 bits per heavy atom. The highest BCUT2D eigenvalue weighted by molar-refractivity contribution is 7.10. The molecule has 0 saturated carbocycles. The van der Waals surface area contributed by atoms with E-state index in [0.29, 0.717) is 6.42 Å². The zero-order valence-corrected chi connectivity index (χ0v) is 17.7. The largest absolute Gasteiger partial charge is 0.366 e. The maximum atomic E-state index is 13.6. The summed E-state index contributed by atoms with van der Waals surface area (Å²) in [7, 11) is 0. The zero-order chi connectivity index (χ0) is 19.8. The molecule has 1 aromatic heterocycles. The van der Waals surface area contributed by atoms with Gasteiger partial charge in [-0.1, -0.05) is 20.8 Å². The first-order valence-electron chi connectivity index (χ1n) is 9.55. The molecule has 27 heavy (non-hydrogen) atoms. The van der Waals surface area contributed by atoms with Gasteiger partial charge in [0, 0.05) is 29.2 Å². The molecular weight excluding hydrogens is 359 g/mol. The van der Waals surface area contributed by atoms with Crippen molar-refractivity contribution in [2.75, 3.05) is 16.8 Å². The van der Waals surface area contributed by atoms with Crippen LogP contribution in [0.5, 0.6) is 0 Å². The van der Waals surface area contributed by atoms with Gasteiger partial charge in [0.1, 0.15) is 0 Å². The predicted octanol–water partition coefficient (Wildman–Crippen LogP) is 5.83. The Labute approximate surface area is 165 Å². The molecule has 1 amide bonds. The van der Waals surface area contributed by atoms with Crippen LogP contribution in [0.2, 0.25) is 0 Å². The van der Waals surface area contributed by atoms with E-state index >= 15 is 0 Å². The van der Waals surface area contributed by atoms with Gasteiger partial charge in [-0.25, -0.2) is 0 Å². The molecular formula is C22H29FN2OS. The second-order valence-electron chi connectivity index (χ2n) is 8.76. The number of amides is 1. The fraction of sp³-hybridized carbons (Fsp3) is 0.500. The quantitative estimate of drug-likeness (QED) is 0.717. The van der Waals surface area contributed by atoms with Crippen LogP contribution in [0.25, 0.3) is 0 Å². The molecule has 2 aromatic rings. The minimum atomic E-state index is -0.0916. The molecule has 0 atom stereocenters. The summed E-state index contributed by atoms with van der Waals surface area (Å²) < 4.78 is 13.6. The van der Waals surface area contributed by atoms with E-state index < -0.39 is 0 Å². The van der Waals surface area contributed by atoms with E-state index in [4.69, 9.17) is 0 Å². The summed E-state index contributed by atoms with van der Waals surface area (Å²) in [5, 5.41) is 3.00. The van der Waals surface area contributed by atoms with Crippen LogP contribution in [-0.4, -0.2) is 12.5 Å². The Hall–Kier alpha value is -1.88. The van der Waals surface area contributed by atoms with Gasteiger partial charge in [0.05, 0.1) is 6.54 Å². The van der Waals surface area contributed by atoms with E-state index in [-0.39, 0.29) is 16.5 Å². The number of rotatable bonds is 3. The summed E-state index contributed by atoms with van der Waals surface area (Å²) in [5.74, 6) is 0.0509. The van der Waals surface area contributed by atoms with Crippen LogP contribution in [-0.2, 0) is 17.8 Å². The third-order valence-electron chi connectivity index (χ3n) is 4.91. The summed E-state index contributed by atoms with van der Waals surface area (Å²) >= 11 is 1.26. The maximum Gasteiger partial charge on any atom is 0.224 e. The standard InChI is InChI=1S/C22H29FN2OS/c1-14-9-17(10-15(2)21(14)24-20(26)12-22(3,4)5)25-8-6-7-16-11-19(23)27-18(16)13-25/h9-11H,6-8,12-13H2,1-5H3,(H,24,26). The van der Waals surface area contributed by atoms with Gasteiger partial charge in [0.2, 0.25) is 5.91 Å². The number of thiophene rings is 1. The van der Waals surface area contributed by atoms with E-state index in [1.165, 1.54) is 11.3 Å². The fourth-order valence-corrected chi connectivity index (χ4v) is 4.64. The highest BCUT2D eigenvalue weighted by Crippen LogP contribution is 2.33. The Balaban J connectivity index is 1.81. The van der Waals surface area contributed by atoms with Crippen LogP contribution < -0.4 is 10.2 Å². The van der Waals surface area contributed by atoms with Gasteiger partial charge in [0.25, 0.3) is 0 Å². The van der Waals surface area contributed by atoms with Crippen molar-refractivity contribution in [1.29, 1.82) is 0 Å². The van der Waals surface area contributed by atoms with Crippen molar-refractivity contribution in [2.45, 2.75) is 60.4 Å². The number of hydrogen-bond acceptors (Lipinski definition) is 3. The molecule has 0 fully saturated rings. The molecule has 2 heterocycles. The number of halogens is 1. The molecule has 0 saturated heterocycles. The average Bonchev–Trinajstić information content (AvgIpc) is 2.76. The summed E-state index contributed by atoms with van der Waals surface area (Å²) in [6.45, 7) is 12.0. The first kappa shape index (κ1) is 19.9. The molecule has 1 aliphatic heterocycles. The highest BCUT2D eigenvalue weighted by Gasteiger charge is 2.20. The monoisotopic (exact) mass is 388 g/mol. The summed E-state index contributed by atoms with van der Waals surface area (Å²) in [4.78, 5) is 15.8. The van der Waals surface area contributed by atoms with Crippen LogP contribution in [0, 0.1) is 24.4 Å². The Bertz CT molecular complexity index is 827. The lowest BCUT2D eigenvalue weighted by molar-refractivity contribution is -0.117. The zero-order valence-electron chi connectivity index (χ0n) is 16.9. The van der Waals surface area contributed by atoms with Gasteiger partial charge in [0.15, 0.2) is 5.13 Å². The van der Waals surface area contributed by atoms with Crippen LogP contribution >= 0.6 is 11.3 Å². The minimum Gasteiger partial charge on any atom is -0.366 e. The molecule has 146 valence electrons. The van der Waals surface area contributed by atoms with Crippen molar-refractivity contribution in [3.8, 4) is 0 Å². The number of nitrogens with one attached hydrogen (secondary N) is 1. The van der Waals surface area contributed by atoms with Crippen molar-refractivity contribution < 1.29 is 9.18 Å². The number of benzene rings is 1. The summed E-state index contributed by atoms with van der Waals surface area (Å²) in [6, 6.07) is 5.96. The molecule has 0 bridgehead atoms. The lowest BCUT2D eigenvalue weighted by Crippen LogP contribution is -2.23. The molecule has 0 radical (unpaired) electrons. The maximum absolute atomic E-state index is 13.6. The lowest BCUT2D eigenvalue weighted by Gasteiger charge is -2.25. The van der Waals surface area contributed by atoms with Crippen molar-refractivity contribution in [1.82, 2.24) is 0 Å².